The maximum Gasteiger partial charge on any atom is 0.237 e. The van der Waals surface area contributed by atoms with Gasteiger partial charge in [-0.05, 0) is 62.1 Å². The lowest BCUT2D eigenvalue weighted by Gasteiger charge is -2.16. The summed E-state index contributed by atoms with van der Waals surface area (Å²) < 4.78 is 1.89. The number of carbonyl (C=O) groups is 1. The summed E-state index contributed by atoms with van der Waals surface area (Å²) in [5.41, 5.74) is 6.66. The van der Waals surface area contributed by atoms with Gasteiger partial charge in [0.05, 0.1) is 22.0 Å². The van der Waals surface area contributed by atoms with Gasteiger partial charge in [-0.2, -0.15) is 5.10 Å². The number of benzene rings is 3. The first-order chi connectivity index (χ1) is 18.5. The van der Waals surface area contributed by atoms with Crippen LogP contribution in [-0.2, 0) is 11.2 Å². The third-order valence-corrected chi connectivity index (χ3v) is 7.98. The number of hydrogen-bond donors (Lipinski definition) is 1. The van der Waals surface area contributed by atoms with Crippen molar-refractivity contribution in [3.05, 3.63) is 95.7 Å². The number of anilines is 1. The van der Waals surface area contributed by atoms with E-state index in [1.54, 1.807) is 0 Å². The van der Waals surface area contributed by atoms with Gasteiger partial charge >= 0.3 is 0 Å². The van der Waals surface area contributed by atoms with Crippen molar-refractivity contribution < 1.29 is 4.79 Å². The highest BCUT2D eigenvalue weighted by Crippen LogP contribution is 2.35. The summed E-state index contributed by atoms with van der Waals surface area (Å²) in [5, 5.41) is 9.39. The van der Waals surface area contributed by atoms with Crippen LogP contribution in [0.5, 0.6) is 0 Å². The van der Waals surface area contributed by atoms with Gasteiger partial charge in [0, 0.05) is 11.3 Å². The van der Waals surface area contributed by atoms with E-state index < -0.39 is 0 Å². The van der Waals surface area contributed by atoms with E-state index in [0.717, 1.165) is 50.7 Å². The van der Waals surface area contributed by atoms with Crippen LogP contribution in [-0.4, -0.2) is 30.9 Å². The molecule has 0 saturated carbocycles. The molecule has 2 heterocycles. The Bertz CT molecular complexity index is 1580. The van der Waals surface area contributed by atoms with E-state index in [0.29, 0.717) is 12.2 Å². The minimum Gasteiger partial charge on any atom is -0.325 e. The minimum atomic E-state index is -0.330. The largest absolute Gasteiger partial charge is 0.325 e. The van der Waals surface area contributed by atoms with Crippen LogP contribution in [0.2, 0.25) is 0 Å². The zero-order valence-electron chi connectivity index (χ0n) is 22.1. The predicted octanol–water partition coefficient (Wildman–Crippen LogP) is 7.17. The lowest BCUT2D eigenvalue weighted by atomic mass is 10.1. The molecule has 1 atom stereocenters. The van der Waals surface area contributed by atoms with Crippen molar-refractivity contribution in [1.29, 1.82) is 0 Å². The molecule has 0 spiro atoms. The Morgan fingerprint density at radius 3 is 2.29 bits per heavy atom. The first-order valence-electron chi connectivity index (χ1n) is 12.9. The molecule has 0 saturated heterocycles. The molecule has 2 aromatic heterocycles. The molecule has 1 N–H and O–H groups in total. The first kappa shape index (κ1) is 25.7. The normalized spacial score (nSPS) is 12.0. The lowest BCUT2D eigenvalue weighted by molar-refractivity contribution is -0.115. The molecular formula is C31H31N5OS. The fraction of sp³-hybridized carbons (Fsp3) is 0.226. The molecular weight excluding hydrogens is 490 g/mol. The highest BCUT2D eigenvalue weighted by atomic mass is 32.2. The summed E-state index contributed by atoms with van der Waals surface area (Å²) in [4.78, 5) is 23.4. The quantitative estimate of drug-likeness (QED) is 0.173. The van der Waals surface area contributed by atoms with Gasteiger partial charge in [0.15, 0.2) is 11.5 Å². The second-order valence-electron chi connectivity index (χ2n) is 9.27. The number of thioether (sulfide) groups is 1. The highest BCUT2D eigenvalue weighted by molar-refractivity contribution is 8.00. The zero-order valence-corrected chi connectivity index (χ0v) is 22.9. The molecule has 7 heteroatoms. The van der Waals surface area contributed by atoms with Crippen molar-refractivity contribution in [3.63, 3.8) is 0 Å². The molecule has 0 radical (unpaired) electrons. The molecule has 0 fully saturated rings. The van der Waals surface area contributed by atoms with Gasteiger partial charge in [0.1, 0.15) is 5.03 Å². The number of carbonyl (C=O) groups excluding carboxylic acids is 1. The lowest BCUT2D eigenvalue weighted by Crippen LogP contribution is -2.24. The topological polar surface area (TPSA) is 72.7 Å². The van der Waals surface area contributed by atoms with Crippen LogP contribution in [0.25, 0.3) is 28.1 Å². The standard InChI is InChI=1S/C31H31N5OS/c1-5-25-27-29(36(35-25)24-15-11-8-12-16-24)33-28(22-13-9-7-10-14-22)34-31(27)38-26(6-2)30(37)32-23-18-17-20(3)21(4)19-23/h7-19,26H,5-6H2,1-4H3,(H,32,37)/t26-/m0/s1. The van der Waals surface area contributed by atoms with E-state index in [9.17, 15) is 4.79 Å². The molecule has 3 aromatic carbocycles. The fourth-order valence-electron chi connectivity index (χ4n) is 4.35. The van der Waals surface area contributed by atoms with Crippen molar-refractivity contribution in [2.24, 2.45) is 0 Å². The Hall–Kier alpha value is -3.97. The van der Waals surface area contributed by atoms with E-state index in [2.05, 4.69) is 26.1 Å². The van der Waals surface area contributed by atoms with Crippen LogP contribution in [0.4, 0.5) is 5.69 Å². The van der Waals surface area contributed by atoms with Gasteiger partial charge in [0.25, 0.3) is 0 Å². The average Bonchev–Trinajstić information content (AvgIpc) is 3.33. The number of hydrogen-bond acceptors (Lipinski definition) is 5. The number of aryl methyl sites for hydroxylation is 3. The van der Waals surface area contributed by atoms with Gasteiger partial charge in [-0.15, -0.1) is 0 Å². The molecule has 5 aromatic rings. The minimum absolute atomic E-state index is 0.0396. The molecule has 0 aliphatic carbocycles. The van der Waals surface area contributed by atoms with Crippen molar-refractivity contribution in [1.82, 2.24) is 19.7 Å². The average molecular weight is 522 g/mol. The Labute approximate surface area is 227 Å². The smallest absolute Gasteiger partial charge is 0.237 e. The van der Waals surface area contributed by atoms with Crippen LogP contribution in [0.3, 0.4) is 0 Å². The Morgan fingerprint density at radius 1 is 0.921 bits per heavy atom. The van der Waals surface area contributed by atoms with Crippen molar-refractivity contribution in [2.45, 2.75) is 50.8 Å². The van der Waals surface area contributed by atoms with Crippen molar-refractivity contribution in [3.8, 4) is 17.1 Å². The van der Waals surface area contributed by atoms with Gasteiger partial charge in [-0.1, -0.05) is 80.2 Å². The second-order valence-corrected chi connectivity index (χ2v) is 10.5. The molecule has 5 rings (SSSR count). The highest BCUT2D eigenvalue weighted by Gasteiger charge is 2.25. The summed E-state index contributed by atoms with van der Waals surface area (Å²) in [6.07, 6.45) is 1.38. The molecule has 1 amide bonds. The van der Waals surface area contributed by atoms with Crippen LogP contribution < -0.4 is 5.32 Å². The number of nitrogens with one attached hydrogen (secondary N) is 1. The predicted molar refractivity (Wildman–Crippen MR) is 156 cm³/mol. The number of para-hydroxylation sites is 1. The monoisotopic (exact) mass is 521 g/mol. The van der Waals surface area contributed by atoms with E-state index >= 15 is 0 Å². The summed E-state index contributed by atoms with van der Waals surface area (Å²) in [6.45, 7) is 8.23. The molecule has 0 bridgehead atoms. The Morgan fingerprint density at radius 2 is 1.63 bits per heavy atom. The zero-order chi connectivity index (χ0) is 26.6. The molecule has 38 heavy (non-hydrogen) atoms. The van der Waals surface area contributed by atoms with Gasteiger partial charge in [0.2, 0.25) is 5.91 Å². The van der Waals surface area contributed by atoms with E-state index in [1.165, 1.54) is 17.3 Å². The SMILES string of the molecule is CCc1nn(-c2ccccc2)c2nc(-c3ccccc3)nc(S[C@@H](CC)C(=O)Nc3ccc(C)c(C)c3)c12. The van der Waals surface area contributed by atoms with E-state index in [-0.39, 0.29) is 11.2 Å². The Balaban J connectivity index is 1.60. The van der Waals surface area contributed by atoms with Crippen LogP contribution in [0, 0.1) is 13.8 Å². The van der Waals surface area contributed by atoms with Crippen LogP contribution >= 0.6 is 11.8 Å². The van der Waals surface area contributed by atoms with Crippen LogP contribution in [0.1, 0.15) is 37.1 Å². The summed E-state index contributed by atoms with van der Waals surface area (Å²) in [6, 6.07) is 26.0. The molecule has 192 valence electrons. The van der Waals surface area contributed by atoms with Gasteiger partial charge < -0.3 is 5.32 Å². The molecule has 0 aliphatic rings. The molecule has 0 aliphatic heterocycles. The summed E-state index contributed by atoms with van der Waals surface area (Å²) >= 11 is 1.48. The number of fused-ring (bicyclic) bond motifs is 1. The Kier molecular flexibility index (Phi) is 7.56. The summed E-state index contributed by atoms with van der Waals surface area (Å²) in [5.74, 6) is 0.576. The number of amides is 1. The maximum absolute atomic E-state index is 13.4. The summed E-state index contributed by atoms with van der Waals surface area (Å²) in [7, 11) is 0. The third-order valence-electron chi connectivity index (χ3n) is 6.63. The number of rotatable bonds is 8. The fourth-order valence-corrected chi connectivity index (χ4v) is 5.42. The van der Waals surface area contributed by atoms with Crippen LogP contribution in [0.15, 0.2) is 83.9 Å². The van der Waals surface area contributed by atoms with E-state index in [1.807, 2.05) is 90.5 Å². The number of aromatic nitrogens is 4. The first-order valence-corrected chi connectivity index (χ1v) is 13.8. The van der Waals surface area contributed by atoms with E-state index in [4.69, 9.17) is 15.1 Å². The third kappa shape index (κ3) is 5.20. The second kappa shape index (κ2) is 11.2. The molecule has 6 nitrogen and oxygen atoms in total. The van der Waals surface area contributed by atoms with Gasteiger partial charge in [-0.25, -0.2) is 14.6 Å². The molecule has 0 unspecified atom stereocenters. The van der Waals surface area contributed by atoms with Crippen molar-refractivity contribution in [2.75, 3.05) is 5.32 Å². The van der Waals surface area contributed by atoms with Crippen molar-refractivity contribution >= 4 is 34.4 Å². The number of nitrogens with zero attached hydrogens (tertiary/aromatic N) is 4. The van der Waals surface area contributed by atoms with Gasteiger partial charge in [-0.3, -0.25) is 4.79 Å². The maximum atomic E-state index is 13.4.